The molecule has 0 bridgehead atoms. The molecule has 0 spiro atoms. The number of hydrogen-bond donors (Lipinski definition) is 1. The lowest BCUT2D eigenvalue weighted by molar-refractivity contribution is -0.0414. The normalized spacial score (nSPS) is 45.3. The molecule has 4 aliphatic carbocycles. The Hall–Kier alpha value is -0.820. The number of rotatable bonds is 5. The molecule has 3 fully saturated rings. The van der Waals surface area contributed by atoms with E-state index >= 15 is 0 Å². The minimum atomic E-state index is -0.0541. The Morgan fingerprint density at radius 1 is 1.13 bits per heavy atom. The predicted octanol–water partition coefficient (Wildman–Crippen LogP) is 7.72. The maximum atomic E-state index is 10.3. The van der Waals surface area contributed by atoms with Gasteiger partial charge in [-0.3, -0.25) is 0 Å². The van der Waals surface area contributed by atoms with E-state index in [4.69, 9.17) is 0 Å². The summed E-state index contributed by atoms with van der Waals surface area (Å²) in [5, 5.41) is 10.3. The SMILES string of the molecule is C=C(C)[C@H](/C=C/[C@H](C)[C@@H]1CC[C@@H]2C3=CC[C@@H]4C[C@H](O)CC[C@]4(C)[C@@H]3CC[C@@]21C)CC. The van der Waals surface area contributed by atoms with Crippen LogP contribution >= 0.6 is 0 Å². The van der Waals surface area contributed by atoms with Crippen molar-refractivity contribution >= 4 is 0 Å². The second-order valence-electron chi connectivity index (χ2n) is 12.0. The van der Waals surface area contributed by atoms with E-state index in [0.29, 0.717) is 28.6 Å². The summed E-state index contributed by atoms with van der Waals surface area (Å²) in [5.41, 5.74) is 4.04. The molecule has 0 aromatic carbocycles. The van der Waals surface area contributed by atoms with Gasteiger partial charge >= 0.3 is 0 Å². The molecule has 0 aromatic heterocycles. The monoisotopic (exact) mass is 410 g/mol. The summed E-state index contributed by atoms with van der Waals surface area (Å²) in [6.45, 7) is 16.3. The molecule has 30 heavy (non-hydrogen) atoms. The fraction of sp³-hybridized carbons (Fsp3) is 0.793. The van der Waals surface area contributed by atoms with E-state index in [1.165, 1.54) is 44.1 Å². The molecular formula is C29H46O. The van der Waals surface area contributed by atoms with Gasteiger partial charge in [0.15, 0.2) is 0 Å². The highest BCUT2D eigenvalue weighted by Crippen LogP contribution is 2.66. The third-order valence-corrected chi connectivity index (χ3v) is 10.5. The van der Waals surface area contributed by atoms with Crippen molar-refractivity contribution in [2.24, 2.45) is 46.3 Å². The molecule has 0 unspecified atom stereocenters. The highest BCUT2D eigenvalue weighted by Gasteiger charge is 2.57. The van der Waals surface area contributed by atoms with Crippen LogP contribution < -0.4 is 0 Å². The maximum Gasteiger partial charge on any atom is 0.0543 e. The summed E-state index contributed by atoms with van der Waals surface area (Å²) in [4.78, 5) is 0. The minimum Gasteiger partial charge on any atom is -0.393 e. The molecular weight excluding hydrogens is 364 g/mol. The van der Waals surface area contributed by atoms with Crippen LogP contribution in [0.25, 0.3) is 0 Å². The first-order valence-electron chi connectivity index (χ1n) is 12.9. The van der Waals surface area contributed by atoms with E-state index < -0.39 is 0 Å². The lowest BCUT2D eigenvalue weighted by Crippen LogP contribution is -2.49. The summed E-state index contributed by atoms with van der Waals surface area (Å²) in [5.74, 6) is 4.27. The van der Waals surface area contributed by atoms with Gasteiger partial charge in [-0.1, -0.05) is 63.6 Å². The van der Waals surface area contributed by atoms with Gasteiger partial charge in [-0.25, -0.2) is 0 Å². The van der Waals surface area contributed by atoms with Crippen LogP contribution in [0.5, 0.6) is 0 Å². The minimum absolute atomic E-state index is 0.0541. The zero-order valence-corrected chi connectivity index (χ0v) is 20.3. The van der Waals surface area contributed by atoms with E-state index in [1.807, 2.05) is 5.57 Å². The van der Waals surface area contributed by atoms with Crippen LogP contribution in [0.4, 0.5) is 0 Å². The largest absolute Gasteiger partial charge is 0.393 e. The van der Waals surface area contributed by atoms with Crippen LogP contribution in [0.2, 0.25) is 0 Å². The van der Waals surface area contributed by atoms with Crippen molar-refractivity contribution in [2.45, 2.75) is 98.5 Å². The van der Waals surface area contributed by atoms with Gasteiger partial charge < -0.3 is 5.11 Å². The summed E-state index contributed by atoms with van der Waals surface area (Å²) >= 11 is 0. The summed E-state index contributed by atoms with van der Waals surface area (Å²) in [7, 11) is 0. The number of aliphatic hydroxyl groups is 1. The van der Waals surface area contributed by atoms with Crippen LogP contribution in [-0.2, 0) is 0 Å². The van der Waals surface area contributed by atoms with E-state index in [9.17, 15) is 5.11 Å². The molecule has 1 N–H and O–H groups in total. The van der Waals surface area contributed by atoms with Crippen molar-refractivity contribution < 1.29 is 5.11 Å². The second-order valence-corrected chi connectivity index (χ2v) is 12.0. The number of aliphatic hydroxyl groups excluding tert-OH is 1. The Kier molecular flexibility index (Phi) is 6.17. The second kappa shape index (κ2) is 8.27. The van der Waals surface area contributed by atoms with Crippen molar-refractivity contribution in [3.63, 3.8) is 0 Å². The zero-order valence-electron chi connectivity index (χ0n) is 20.3. The molecule has 0 aliphatic heterocycles. The van der Waals surface area contributed by atoms with Crippen LogP contribution in [-0.4, -0.2) is 11.2 Å². The molecule has 0 saturated heterocycles. The molecule has 1 heteroatoms. The van der Waals surface area contributed by atoms with E-state index in [0.717, 1.165) is 37.0 Å². The Morgan fingerprint density at radius 3 is 2.53 bits per heavy atom. The van der Waals surface area contributed by atoms with Crippen molar-refractivity contribution in [1.29, 1.82) is 0 Å². The fourth-order valence-corrected chi connectivity index (χ4v) is 8.49. The van der Waals surface area contributed by atoms with Crippen LogP contribution in [0, 0.1) is 46.3 Å². The average molecular weight is 411 g/mol. The highest BCUT2D eigenvalue weighted by atomic mass is 16.3. The van der Waals surface area contributed by atoms with Gasteiger partial charge in [-0.05, 0) is 111 Å². The number of allylic oxidation sites excluding steroid dienone is 5. The Balaban J connectivity index is 1.54. The Labute approximate surface area is 186 Å². The van der Waals surface area contributed by atoms with Crippen LogP contribution in [0.15, 0.2) is 36.0 Å². The van der Waals surface area contributed by atoms with Gasteiger partial charge in [0.1, 0.15) is 0 Å². The predicted molar refractivity (Wildman–Crippen MR) is 128 cm³/mol. The molecule has 1 nitrogen and oxygen atoms in total. The van der Waals surface area contributed by atoms with Gasteiger partial charge in [-0.15, -0.1) is 0 Å². The molecule has 0 amide bonds. The van der Waals surface area contributed by atoms with Gasteiger partial charge in [0, 0.05) is 0 Å². The number of hydrogen-bond acceptors (Lipinski definition) is 1. The maximum absolute atomic E-state index is 10.3. The fourth-order valence-electron chi connectivity index (χ4n) is 8.49. The average Bonchev–Trinajstić information content (AvgIpc) is 3.06. The summed E-state index contributed by atoms with van der Waals surface area (Å²) < 4.78 is 0. The van der Waals surface area contributed by atoms with Crippen molar-refractivity contribution in [1.82, 2.24) is 0 Å². The van der Waals surface area contributed by atoms with Crippen molar-refractivity contribution in [2.75, 3.05) is 0 Å². The quantitative estimate of drug-likeness (QED) is 0.460. The van der Waals surface area contributed by atoms with Crippen LogP contribution in [0.1, 0.15) is 92.4 Å². The molecule has 168 valence electrons. The number of fused-ring (bicyclic) bond motifs is 5. The van der Waals surface area contributed by atoms with E-state index in [1.54, 1.807) is 0 Å². The van der Waals surface area contributed by atoms with Crippen molar-refractivity contribution in [3.8, 4) is 0 Å². The first kappa shape index (κ1) is 22.4. The topological polar surface area (TPSA) is 20.2 Å². The molecule has 0 radical (unpaired) electrons. The van der Waals surface area contributed by atoms with Gasteiger partial charge in [-0.2, -0.15) is 0 Å². The van der Waals surface area contributed by atoms with Gasteiger partial charge in [0.25, 0.3) is 0 Å². The first-order chi connectivity index (χ1) is 14.2. The van der Waals surface area contributed by atoms with Crippen LogP contribution in [0.3, 0.4) is 0 Å². The van der Waals surface area contributed by atoms with Gasteiger partial charge in [0.05, 0.1) is 6.10 Å². The third-order valence-electron chi connectivity index (χ3n) is 10.5. The molecule has 0 heterocycles. The Bertz CT molecular complexity index is 716. The van der Waals surface area contributed by atoms with Crippen molar-refractivity contribution in [3.05, 3.63) is 36.0 Å². The zero-order chi connectivity index (χ0) is 21.7. The lowest BCUT2D eigenvalue weighted by Gasteiger charge is -2.57. The molecule has 4 rings (SSSR count). The van der Waals surface area contributed by atoms with E-state index in [-0.39, 0.29) is 6.10 Å². The Morgan fingerprint density at radius 2 is 1.83 bits per heavy atom. The molecule has 9 atom stereocenters. The standard InChI is InChI=1S/C29H46O/c1-7-21(19(2)3)9-8-20(4)25-12-13-26-24-11-10-22-18-23(30)14-16-28(22,5)27(24)15-17-29(25,26)6/h8-9,11,20-23,25-27,30H,2,7,10,12-18H2,1,3-6H3/b9-8+/t20-,21-,22+,23+,25-,26+,27+,28-,29+/m0/s1. The highest BCUT2D eigenvalue weighted by molar-refractivity contribution is 5.28. The first-order valence-corrected chi connectivity index (χ1v) is 12.9. The molecule has 0 aromatic rings. The molecule has 4 aliphatic rings. The molecule has 3 saturated carbocycles. The van der Waals surface area contributed by atoms with Gasteiger partial charge in [0.2, 0.25) is 0 Å². The lowest BCUT2D eigenvalue weighted by atomic mass is 9.47. The van der Waals surface area contributed by atoms with E-state index in [2.05, 4.69) is 59.4 Å². The summed E-state index contributed by atoms with van der Waals surface area (Å²) in [6, 6.07) is 0. The third kappa shape index (κ3) is 3.58. The summed E-state index contributed by atoms with van der Waals surface area (Å²) in [6.07, 6.45) is 18.8. The smallest absolute Gasteiger partial charge is 0.0543 e.